The summed E-state index contributed by atoms with van der Waals surface area (Å²) >= 11 is 1.48. The van der Waals surface area contributed by atoms with E-state index in [1.54, 1.807) is 35.0 Å². The minimum atomic E-state index is -0.165. The number of ketones is 1. The molecule has 1 fully saturated rings. The Labute approximate surface area is 144 Å². The number of rotatable bonds is 5. The second-order valence-corrected chi connectivity index (χ2v) is 6.92. The number of nitrogens with zero attached hydrogens (tertiary/aromatic N) is 3. The van der Waals surface area contributed by atoms with Crippen LogP contribution in [-0.4, -0.2) is 40.4 Å². The fraction of sp³-hybridized carbons (Fsp3) is 0.353. The van der Waals surface area contributed by atoms with Crippen LogP contribution in [0.1, 0.15) is 23.7 Å². The molecule has 3 rings (SSSR count). The zero-order valence-corrected chi connectivity index (χ0v) is 14.7. The molecule has 2 heterocycles. The molecule has 0 bridgehead atoms. The summed E-state index contributed by atoms with van der Waals surface area (Å²) in [5, 5.41) is 3.96. The van der Waals surface area contributed by atoms with Crippen molar-refractivity contribution in [2.24, 2.45) is 7.05 Å². The zero-order valence-electron chi connectivity index (χ0n) is 13.9. The summed E-state index contributed by atoms with van der Waals surface area (Å²) < 4.78 is 7.07. The maximum Gasteiger partial charge on any atom is 0.240 e. The van der Waals surface area contributed by atoms with Gasteiger partial charge in [-0.25, -0.2) is 0 Å². The SMILES string of the molecule is COc1cc(C(C)=O)ccc1S[C@@H]1CCN(c2cnn(C)c2)C1=O. The molecule has 24 heavy (non-hydrogen) atoms. The first-order valence-electron chi connectivity index (χ1n) is 7.65. The fourth-order valence-electron chi connectivity index (χ4n) is 2.70. The van der Waals surface area contributed by atoms with E-state index in [0.717, 1.165) is 17.0 Å². The number of anilines is 1. The molecule has 7 heteroatoms. The van der Waals surface area contributed by atoms with Gasteiger partial charge in [0.05, 0.1) is 29.1 Å². The number of ether oxygens (including phenoxy) is 1. The smallest absolute Gasteiger partial charge is 0.240 e. The minimum absolute atomic E-state index is 0.00968. The van der Waals surface area contributed by atoms with Gasteiger partial charge in [0.15, 0.2) is 5.78 Å². The monoisotopic (exact) mass is 345 g/mol. The molecule has 1 saturated heterocycles. The molecule has 1 aromatic heterocycles. The number of thioether (sulfide) groups is 1. The second kappa shape index (κ2) is 6.68. The lowest BCUT2D eigenvalue weighted by Crippen LogP contribution is -2.27. The molecule has 0 saturated carbocycles. The highest BCUT2D eigenvalue weighted by molar-refractivity contribution is 8.00. The van der Waals surface area contributed by atoms with Crippen molar-refractivity contribution in [3.8, 4) is 5.75 Å². The summed E-state index contributed by atoms with van der Waals surface area (Å²) in [5.74, 6) is 0.690. The third-order valence-corrected chi connectivity index (χ3v) is 5.31. The number of carbonyl (C=O) groups is 2. The molecule has 126 valence electrons. The van der Waals surface area contributed by atoms with Gasteiger partial charge >= 0.3 is 0 Å². The van der Waals surface area contributed by atoms with E-state index in [2.05, 4.69) is 5.10 Å². The number of hydrogen-bond acceptors (Lipinski definition) is 5. The molecule has 0 spiro atoms. The van der Waals surface area contributed by atoms with Gasteiger partial charge in [0.1, 0.15) is 5.75 Å². The van der Waals surface area contributed by atoms with Gasteiger partial charge in [-0.1, -0.05) is 6.07 Å². The summed E-state index contributed by atoms with van der Waals surface area (Å²) in [6, 6.07) is 5.34. The predicted molar refractivity (Wildman–Crippen MR) is 92.8 cm³/mol. The van der Waals surface area contributed by atoms with Crippen molar-refractivity contribution in [3.63, 3.8) is 0 Å². The number of aryl methyl sites for hydroxylation is 1. The van der Waals surface area contributed by atoms with E-state index in [1.807, 2.05) is 19.3 Å². The molecule has 0 unspecified atom stereocenters. The Morgan fingerprint density at radius 2 is 2.21 bits per heavy atom. The lowest BCUT2D eigenvalue weighted by atomic mass is 10.1. The van der Waals surface area contributed by atoms with Crippen LogP contribution in [0.2, 0.25) is 0 Å². The molecular weight excluding hydrogens is 326 g/mol. The predicted octanol–water partition coefficient (Wildman–Crippen LogP) is 2.53. The third-order valence-electron chi connectivity index (χ3n) is 4.00. The first kappa shape index (κ1) is 16.6. The number of benzene rings is 1. The largest absolute Gasteiger partial charge is 0.496 e. The third kappa shape index (κ3) is 3.17. The standard InChI is InChI=1S/C17H19N3O3S/c1-11(21)12-4-5-15(14(8-12)23-3)24-16-6-7-20(17(16)22)13-9-18-19(2)10-13/h4-5,8-10,16H,6-7H2,1-3H3/t16-/m1/s1. The van der Waals surface area contributed by atoms with Crippen molar-refractivity contribution < 1.29 is 14.3 Å². The van der Waals surface area contributed by atoms with E-state index < -0.39 is 0 Å². The Hall–Kier alpha value is -2.28. The Morgan fingerprint density at radius 1 is 1.42 bits per heavy atom. The fourth-order valence-corrected chi connectivity index (χ4v) is 3.87. The van der Waals surface area contributed by atoms with Gasteiger partial charge in [0.2, 0.25) is 5.91 Å². The van der Waals surface area contributed by atoms with Gasteiger partial charge in [-0.15, -0.1) is 11.8 Å². The molecule has 1 atom stereocenters. The number of methoxy groups -OCH3 is 1. The first-order chi connectivity index (χ1) is 11.5. The molecule has 1 aliphatic rings. The maximum atomic E-state index is 12.7. The quantitative estimate of drug-likeness (QED) is 0.779. The molecule has 0 radical (unpaired) electrons. The molecule has 1 amide bonds. The van der Waals surface area contributed by atoms with Gasteiger partial charge in [0, 0.05) is 25.4 Å². The minimum Gasteiger partial charge on any atom is -0.496 e. The highest BCUT2D eigenvalue weighted by Crippen LogP contribution is 2.38. The van der Waals surface area contributed by atoms with Crippen LogP contribution in [0.3, 0.4) is 0 Å². The second-order valence-electron chi connectivity index (χ2n) is 5.68. The van der Waals surface area contributed by atoms with Gasteiger partial charge in [0.25, 0.3) is 0 Å². The molecule has 0 N–H and O–H groups in total. The number of Topliss-reactive ketones (excluding diaryl/α,β-unsaturated/α-hetero) is 1. The van der Waals surface area contributed by atoms with Crippen LogP contribution in [0.4, 0.5) is 5.69 Å². The Morgan fingerprint density at radius 3 is 2.83 bits per heavy atom. The number of hydrogen-bond donors (Lipinski definition) is 0. The molecule has 0 aliphatic carbocycles. The summed E-state index contributed by atoms with van der Waals surface area (Å²) in [6.07, 6.45) is 4.30. The lowest BCUT2D eigenvalue weighted by molar-refractivity contribution is -0.116. The molecule has 2 aromatic rings. The average molecular weight is 345 g/mol. The summed E-state index contributed by atoms with van der Waals surface area (Å²) in [6.45, 7) is 2.20. The Balaban J connectivity index is 1.77. The number of carbonyl (C=O) groups excluding carboxylic acids is 2. The van der Waals surface area contributed by atoms with E-state index in [-0.39, 0.29) is 16.9 Å². The van der Waals surface area contributed by atoms with E-state index in [1.165, 1.54) is 18.7 Å². The topological polar surface area (TPSA) is 64.4 Å². The van der Waals surface area contributed by atoms with Crippen molar-refractivity contribution in [2.75, 3.05) is 18.6 Å². The van der Waals surface area contributed by atoms with Crippen LogP contribution in [0, 0.1) is 0 Å². The van der Waals surface area contributed by atoms with Crippen molar-refractivity contribution in [2.45, 2.75) is 23.5 Å². The number of amides is 1. The van der Waals surface area contributed by atoms with Gasteiger partial charge in [-0.2, -0.15) is 5.10 Å². The van der Waals surface area contributed by atoms with Crippen LogP contribution in [-0.2, 0) is 11.8 Å². The van der Waals surface area contributed by atoms with Crippen molar-refractivity contribution in [1.29, 1.82) is 0 Å². The lowest BCUT2D eigenvalue weighted by Gasteiger charge is -2.15. The van der Waals surface area contributed by atoms with Gasteiger partial charge in [-0.05, 0) is 25.5 Å². The van der Waals surface area contributed by atoms with Crippen molar-refractivity contribution in [1.82, 2.24) is 9.78 Å². The highest BCUT2D eigenvalue weighted by atomic mass is 32.2. The normalized spacial score (nSPS) is 17.4. The van der Waals surface area contributed by atoms with Crippen LogP contribution in [0.25, 0.3) is 0 Å². The van der Waals surface area contributed by atoms with Crippen molar-refractivity contribution >= 4 is 29.1 Å². The molecular formula is C17H19N3O3S. The summed E-state index contributed by atoms with van der Waals surface area (Å²) in [7, 11) is 3.40. The number of aromatic nitrogens is 2. The molecule has 6 nitrogen and oxygen atoms in total. The molecule has 1 aliphatic heterocycles. The van der Waals surface area contributed by atoms with Gasteiger partial charge < -0.3 is 9.64 Å². The molecule has 1 aromatic carbocycles. The van der Waals surface area contributed by atoms with E-state index in [4.69, 9.17) is 4.74 Å². The van der Waals surface area contributed by atoms with Gasteiger partial charge in [-0.3, -0.25) is 14.3 Å². The Kier molecular flexibility index (Phi) is 4.62. The van der Waals surface area contributed by atoms with E-state index in [0.29, 0.717) is 17.9 Å². The maximum absolute atomic E-state index is 12.7. The van der Waals surface area contributed by atoms with Crippen LogP contribution >= 0.6 is 11.8 Å². The summed E-state index contributed by atoms with van der Waals surface area (Å²) in [4.78, 5) is 26.8. The van der Waals surface area contributed by atoms with Crippen molar-refractivity contribution in [3.05, 3.63) is 36.2 Å². The first-order valence-corrected chi connectivity index (χ1v) is 8.53. The van der Waals surface area contributed by atoms with E-state index >= 15 is 0 Å². The van der Waals surface area contributed by atoms with Crippen LogP contribution < -0.4 is 9.64 Å². The van der Waals surface area contributed by atoms with Crippen LogP contribution in [0.5, 0.6) is 5.75 Å². The Bertz CT molecular complexity index is 787. The van der Waals surface area contributed by atoms with Crippen LogP contribution in [0.15, 0.2) is 35.5 Å². The zero-order chi connectivity index (χ0) is 17.3. The van der Waals surface area contributed by atoms with E-state index in [9.17, 15) is 9.59 Å². The average Bonchev–Trinajstić information content (AvgIpc) is 3.14. The highest BCUT2D eigenvalue weighted by Gasteiger charge is 2.34. The summed E-state index contributed by atoms with van der Waals surface area (Å²) in [5.41, 5.74) is 1.43.